The minimum Gasteiger partial charge on any atom is -0.481 e. The molecule has 0 saturated heterocycles. The smallest absolute Gasteiger partial charge is 0.316 e. The van der Waals surface area contributed by atoms with E-state index in [1.807, 2.05) is 74.5 Å². The van der Waals surface area contributed by atoms with Gasteiger partial charge in [0.05, 0.1) is 0 Å². The summed E-state index contributed by atoms with van der Waals surface area (Å²) in [5.41, 5.74) is 2.40. The number of aromatic nitrogens is 3. The van der Waals surface area contributed by atoms with Crippen LogP contribution < -0.4 is 10.3 Å². The quantitative estimate of drug-likeness (QED) is 0.465. The number of nitrogens with zero attached hydrogens (tertiary/aromatic N) is 4. The van der Waals surface area contributed by atoms with Gasteiger partial charge in [-0.15, -0.1) is 0 Å². The number of pyridine rings is 1. The molecule has 0 saturated carbocycles. The number of fused-ring (bicyclic) bond motifs is 1. The molecule has 1 aliphatic heterocycles. The summed E-state index contributed by atoms with van der Waals surface area (Å²) in [6, 6.07) is 13.4. The van der Waals surface area contributed by atoms with Gasteiger partial charge in [-0.05, 0) is 48.8 Å². The van der Waals surface area contributed by atoms with Crippen LogP contribution in [0.5, 0.6) is 5.75 Å². The topological polar surface area (TPSA) is 77.3 Å². The first-order valence-corrected chi connectivity index (χ1v) is 12.6. The zero-order valence-corrected chi connectivity index (χ0v) is 21.4. The maximum Gasteiger partial charge on any atom is 0.316 e. The lowest BCUT2D eigenvalue weighted by Gasteiger charge is -2.34. The van der Waals surface area contributed by atoms with E-state index in [1.165, 1.54) is 0 Å². The lowest BCUT2D eigenvalue weighted by molar-refractivity contribution is 0.0636. The predicted molar refractivity (Wildman–Crippen MR) is 143 cm³/mol. The Balaban J connectivity index is 1.61. The molecule has 1 amide bonds. The van der Waals surface area contributed by atoms with Gasteiger partial charge in [0.1, 0.15) is 12.4 Å². The van der Waals surface area contributed by atoms with Crippen molar-refractivity contribution < 1.29 is 9.53 Å². The average Bonchev–Trinajstić information content (AvgIpc) is 2.90. The molecule has 7 nitrogen and oxygen atoms in total. The molecule has 2 aromatic heterocycles. The number of amides is 1. The maximum atomic E-state index is 13.6. The van der Waals surface area contributed by atoms with Crippen LogP contribution in [0.3, 0.4) is 0 Å². The number of carbonyl (C=O) groups is 1. The Morgan fingerprint density at radius 2 is 1.92 bits per heavy atom. The highest BCUT2D eigenvalue weighted by atomic mass is 35.5. The Bertz CT molecular complexity index is 1460. The van der Waals surface area contributed by atoms with Crippen molar-refractivity contribution in [2.75, 3.05) is 6.54 Å². The van der Waals surface area contributed by atoms with Crippen LogP contribution in [0.25, 0.3) is 6.08 Å². The van der Waals surface area contributed by atoms with Gasteiger partial charge in [-0.3, -0.25) is 14.6 Å². The Labute approximate surface area is 220 Å². The zero-order valence-electron chi connectivity index (χ0n) is 20.7. The van der Waals surface area contributed by atoms with Crippen LogP contribution in [0.4, 0.5) is 0 Å². The molecule has 0 fully saturated rings. The van der Waals surface area contributed by atoms with Crippen molar-refractivity contribution in [3.05, 3.63) is 117 Å². The highest BCUT2D eigenvalue weighted by Gasteiger charge is 2.33. The molecule has 0 spiro atoms. The molecule has 2 aliphatic rings. The molecule has 0 bridgehead atoms. The molecular weight excluding hydrogens is 488 g/mol. The minimum absolute atomic E-state index is 0.0168. The molecule has 0 radical (unpaired) electrons. The van der Waals surface area contributed by atoms with Crippen LogP contribution in [0.2, 0.25) is 0 Å². The van der Waals surface area contributed by atoms with E-state index in [4.69, 9.17) is 16.3 Å². The molecule has 5 rings (SSSR count). The van der Waals surface area contributed by atoms with E-state index < -0.39 is 5.56 Å². The fourth-order valence-corrected chi connectivity index (χ4v) is 4.82. The van der Waals surface area contributed by atoms with Crippen molar-refractivity contribution in [3.8, 4) is 5.75 Å². The van der Waals surface area contributed by atoms with Crippen LogP contribution in [0.15, 0.2) is 88.5 Å². The summed E-state index contributed by atoms with van der Waals surface area (Å²) in [5.74, 6) is -0.0229. The van der Waals surface area contributed by atoms with Crippen LogP contribution in [-0.4, -0.2) is 37.9 Å². The summed E-state index contributed by atoms with van der Waals surface area (Å²) >= 11 is 6.33. The van der Waals surface area contributed by atoms with E-state index in [0.717, 1.165) is 16.7 Å². The summed E-state index contributed by atoms with van der Waals surface area (Å²) in [5, 5.41) is 0.616. The van der Waals surface area contributed by atoms with Gasteiger partial charge in [-0.1, -0.05) is 60.2 Å². The summed E-state index contributed by atoms with van der Waals surface area (Å²) in [6.07, 6.45) is 11.0. The third-order valence-electron chi connectivity index (χ3n) is 6.51. The second kappa shape index (κ2) is 10.6. The molecule has 1 aliphatic carbocycles. The SMILES string of the molecule is CC(C)N1CCn2c(/C=C3\C=CC(Cl)=CC3c3cccnc3)nc(=O)c(OCc3ccccc3)c2C1=O. The first-order valence-electron chi connectivity index (χ1n) is 12.2. The standard InChI is InChI=1S/C29H27ClN4O3/c1-19(2)33-13-14-34-25(15-21-10-11-23(30)16-24(21)22-9-6-12-31-17-22)32-28(35)27(26(34)29(33)36)37-18-20-7-4-3-5-8-20/h3-12,15-17,19,24H,13-14,18H2,1-2H3/b21-15+. The Morgan fingerprint density at radius 1 is 1.11 bits per heavy atom. The molecule has 3 aromatic rings. The normalized spacial score (nSPS) is 18.2. The molecule has 1 unspecified atom stereocenters. The summed E-state index contributed by atoms with van der Waals surface area (Å²) < 4.78 is 7.75. The van der Waals surface area contributed by atoms with Crippen molar-refractivity contribution in [2.24, 2.45) is 0 Å². The predicted octanol–water partition coefficient (Wildman–Crippen LogP) is 4.94. The van der Waals surface area contributed by atoms with Crippen LogP contribution >= 0.6 is 11.6 Å². The number of halogens is 1. The Morgan fingerprint density at radius 3 is 2.65 bits per heavy atom. The van der Waals surface area contributed by atoms with Crippen LogP contribution in [0, 0.1) is 0 Å². The van der Waals surface area contributed by atoms with Gasteiger partial charge in [0.2, 0.25) is 5.75 Å². The van der Waals surface area contributed by atoms with Crippen LogP contribution in [-0.2, 0) is 13.2 Å². The molecule has 8 heteroatoms. The molecular formula is C29H27ClN4O3. The fraction of sp³-hybridized carbons (Fsp3) is 0.241. The zero-order chi connectivity index (χ0) is 25.9. The molecule has 3 heterocycles. The van der Waals surface area contributed by atoms with E-state index in [9.17, 15) is 9.59 Å². The van der Waals surface area contributed by atoms with Gasteiger partial charge in [-0.25, -0.2) is 0 Å². The summed E-state index contributed by atoms with van der Waals surface area (Å²) in [7, 11) is 0. The van der Waals surface area contributed by atoms with E-state index in [-0.39, 0.29) is 35.9 Å². The van der Waals surface area contributed by atoms with E-state index in [1.54, 1.807) is 27.9 Å². The molecule has 0 N–H and O–H groups in total. The highest BCUT2D eigenvalue weighted by molar-refractivity contribution is 6.31. The minimum atomic E-state index is -0.570. The Kier molecular flexibility index (Phi) is 7.06. The van der Waals surface area contributed by atoms with Gasteiger partial charge >= 0.3 is 5.56 Å². The second-order valence-corrected chi connectivity index (χ2v) is 9.70. The first kappa shape index (κ1) is 24.7. The lowest BCUT2D eigenvalue weighted by Crippen LogP contribution is -2.46. The van der Waals surface area contributed by atoms with E-state index >= 15 is 0 Å². The van der Waals surface area contributed by atoms with Crippen molar-refractivity contribution in [1.29, 1.82) is 0 Å². The van der Waals surface area contributed by atoms with Crippen molar-refractivity contribution in [3.63, 3.8) is 0 Å². The van der Waals surface area contributed by atoms with E-state index in [2.05, 4.69) is 9.97 Å². The fourth-order valence-electron chi connectivity index (χ4n) is 4.63. The van der Waals surface area contributed by atoms with Crippen molar-refractivity contribution in [1.82, 2.24) is 19.4 Å². The Hall–Kier alpha value is -3.97. The summed E-state index contributed by atoms with van der Waals surface area (Å²) in [4.78, 5) is 37.3. The summed E-state index contributed by atoms with van der Waals surface area (Å²) in [6.45, 7) is 5.08. The number of rotatable bonds is 6. The second-order valence-electron chi connectivity index (χ2n) is 9.26. The number of benzene rings is 1. The molecule has 1 aromatic carbocycles. The van der Waals surface area contributed by atoms with Crippen molar-refractivity contribution >= 4 is 23.6 Å². The van der Waals surface area contributed by atoms with Gasteiger partial charge in [-0.2, -0.15) is 4.98 Å². The molecule has 188 valence electrons. The third-order valence-corrected chi connectivity index (χ3v) is 6.76. The maximum absolute atomic E-state index is 13.6. The van der Waals surface area contributed by atoms with Gasteiger partial charge in [0.15, 0.2) is 5.69 Å². The van der Waals surface area contributed by atoms with Gasteiger partial charge in [0, 0.05) is 42.5 Å². The number of hydrogen-bond acceptors (Lipinski definition) is 5. The lowest BCUT2D eigenvalue weighted by atomic mass is 9.88. The van der Waals surface area contributed by atoms with Crippen molar-refractivity contribution in [2.45, 2.75) is 39.0 Å². The number of ether oxygens (including phenoxy) is 1. The third kappa shape index (κ3) is 5.13. The molecule has 1 atom stereocenters. The number of allylic oxidation sites excluding steroid dienone is 5. The van der Waals surface area contributed by atoms with Gasteiger partial charge < -0.3 is 14.2 Å². The monoisotopic (exact) mass is 514 g/mol. The largest absolute Gasteiger partial charge is 0.481 e. The first-order chi connectivity index (χ1) is 17.9. The average molecular weight is 515 g/mol. The van der Waals surface area contributed by atoms with Crippen LogP contribution in [0.1, 0.15) is 47.2 Å². The number of hydrogen-bond donors (Lipinski definition) is 0. The molecule has 37 heavy (non-hydrogen) atoms. The van der Waals surface area contributed by atoms with E-state index in [0.29, 0.717) is 23.9 Å². The van der Waals surface area contributed by atoms with Gasteiger partial charge in [0.25, 0.3) is 5.91 Å². The number of carbonyl (C=O) groups excluding carboxylic acids is 1. The highest BCUT2D eigenvalue weighted by Crippen LogP contribution is 2.34.